The molecule has 0 amide bonds. The van der Waals surface area contributed by atoms with Crippen LogP contribution < -0.4 is 9.62 Å². The van der Waals surface area contributed by atoms with Crippen LogP contribution in [-0.4, -0.2) is 28.1 Å². The van der Waals surface area contributed by atoms with Gasteiger partial charge in [-0.05, 0) is 19.1 Å². The van der Waals surface area contributed by atoms with E-state index in [2.05, 4.69) is 19.4 Å². The van der Waals surface area contributed by atoms with Gasteiger partial charge >= 0.3 is 7.32 Å². The lowest BCUT2D eigenvalue weighted by Crippen LogP contribution is -2.28. The maximum atomic E-state index is 5.34. The van der Waals surface area contributed by atoms with Gasteiger partial charge in [0.25, 0.3) is 0 Å². The number of ether oxygens (including phenoxy) is 1. The lowest BCUT2D eigenvalue weighted by molar-refractivity contribution is -0.310. The molecule has 0 N–H and O–H groups in total. The molecule has 1 aromatic rings. The van der Waals surface area contributed by atoms with Crippen molar-refractivity contribution in [2.75, 3.05) is 20.8 Å². The molecule has 0 aliphatic heterocycles. The minimum absolute atomic E-state index is 0.378. The largest absolute Gasteiger partial charge is 0.734 e. The third kappa shape index (κ3) is 4.90. The van der Waals surface area contributed by atoms with E-state index >= 15 is 0 Å². The van der Waals surface area contributed by atoms with Gasteiger partial charge in [-0.25, -0.2) is 9.61 Å². The van der Waals surface area contributed by atoms with Gasteiger partial charge in [0, 0.05) is 0 Å². The highest BCUT2D eigenvalue weighted by molar-refractivity contribution is 6.35. The molecule has 8 heteroatoms. The predicted molar refractivity (Wildman–Crippen MR) is 61.3 cm³/mol. The topological polar surface area (TPSA) is 64.6 Å². The van der Waals surface area contributed by atoms with Crippen LogP contribution in [0.2, 0.25) is 0 Å². The number of hydrogen-bond acceptors (Lipinski definition) is 7. The molecular weight excluding hydrogens is 243 g/mol. The summed E-state index contributed by atoms with van der Waals surface area (Å²) in [5, 5.41) is 0. The van der Waals surface area contributed by atoms with E-state index < -0.39 is 7.32 Å². The Morgan fingerprint density at radius 2 is 1.56 bits per heavy atom. The summed E-state index contributed by atoms with van der Waals surface area (Å²) < 4.78 is 5.34. The van der Waals surface area contributed by atoms with Crippen molar-refractivity contribution in [1.82, 2.24) is 0 Å². The fourth-order valence-electron chi connectivity index (χ4n) is 1.09. The van der Waals surface area contributed by atoms with Crippen LogP contribution in [0.25, 0.3) is 0 Å². The van der Waals surface area contributed by atoms with Crippen molar-refractivity contribution in [2.24, 2.45) is 0 Å². The molecule has 0 saturated carbocycles. The van der Waals surface area contributed by atoms with E-state index in [0.717, 1.165) is 0 Å². The molecule has 7 nitrogen and oxygen atoms in total. The molecule has 0 fully saturated rings. The second-order valence-electron chi connectivity index (χ2n) is 2.87. The fraction of sp³-hybridized carbons (Fsp3) is 0.400. The SMILES string of the molecule is CCOc1ccccc1OOB(OOC)OOC. The first kappa shape index (κ1) is 14.7. The zero-order chi connectivity index (χ0) is 13.2. The first-order valence-corrected chi connectivity index (χ1v) is 5.25. The summed E-state index contributed by atoms with van der Waals surface area (Å²) >= 11 is 0. The summed E-state index contributed by atoms with van der Waals surface area (Å²) in [5.74, 6) is 0.914. The molecule has 0 heterocycles. The Balaban J connectivity index is 2.54. The van der Waals surface area contributed by atoms with Crippen molar-refractivity contribution < 1.29 is 33.8 Å². The number of para-hydroxylation sites is 2. The summed E-state index contributed by atoms with van der Waals surface area (Å²) in [5.41, 5.74) is 0. The lowest BCUT2D eigenvalue weighted by atomic mass is 10.3. The van der Waals surface area contributed by atoms with Crippen molar-refractivity contribution in [3.05, 3.63) is 24.3 Å². The molecule has 0 atom stereocenters. The van der Waals surface area contributed by atoms with Crippen LogP contribution in [0, 0.1) is 0 Å². The van der Waals surface area contributed by atoms with Crippen LogP contribution in [-0.2, 0) is 24.2 Å². The van der Waals surface area contributed by atoms with E-state index in [1.165, 1.54) is 14.2 Å². The van der Waals surface area contributed by atoms with E-state index in [1.54, 1.807) is 18.2 Å². The Morgan fingerprint density at radius 3 is 2.11 bits per heavy atom. The molecule has 0 aliphatic rings. The third-order valence-electron chi connectivity index (χ3n) is 1.72. The average Bonchev–Trinajstić information content (AvgIpc) is 2.38. The maximum Gasteiger partial charge on any atom is 0.734 e. The fourth-order valence-corrected chi connectivity index (χ4v) is 1.09. The molecule has 0 spiro atoms. The Labute approximate surface area is 105 Å². The molecular formula is C10H15BO7. The van der Waals surface area contributed by atoms with Crippen molar-refractivity contribution in [3.63, 3.8) is 0 Å². The Hall–Kier alpha value is -1.32. The smallest absolute Gasteiger partial charge is 0.490 e. The lowest BCUT2D eigenvalue weighted by Gasteiger charge is -2.12. The highest BCUT2D eigenvalue weighted by atomic mass is 17.3. The normalized spacial score (nSPS) is 10.2. The standard InChI is InChI=1S/C10H15BO7/c1-4-14-9-7-5-6-8-10(9)15-18-11(16-12-2)17-13-3/h5-8H,4H2,1-3H3. The first-order valence-electron chi connectivity index (χ1n) is 5.25. The molecule has 0 aliphatic carbocycles. The summed E-state index contributed by atoms with van der Waals surface area (Å²) in [6.45, 7) is 2.37. The van der Waals surface area contributed by atoms with E-state index in [4.69, 9.17) is 14.4 Å². The highest BCUT2D eigenvalue weighted by Gasteiger charge is 2.27. The molecule has 18 heavy (non-hydrogen) atoms. The molecule has 100 valence electrons. The number of rotatable bonds is 9. The van der Waals surface area contributed by atoms with Crippen LogP contribution in [0.3, 0.4) is 0 Å². The summed E-state index contributed by atoms with van der Waals surface area (Å²) in [6, 6.07) is 6.99. The number of hydrogen-bond donors (Lipinski definition) is 0. The molecule has 0 unspecified atom stereocenters. The molecule has 1 aromatic carbocycles. The van der Waals surface area contributed by atoms with E-state index in [0.29, 0.717) is 18.1 Å². The van der Waals surface area contributed by atoms with Gasteiger partial charge in [0.1, 0.15) is 0 Å². The Morgan fingerprint density at radius 1 is 0.944 bits per heavy atom. The van der Waals surface area contributed by atoms with E-state index in [1.807, 2.05) is 13.0 Å². The van der Waals surface area contributed by atoms with E-state index in [9.17, 15) is 0 Å². The first-order chi connectivity index (χ1) is 8.81. The zero-order valence-electron chi connectivity index (χ0n) is 10.5. The molecule has 0 bridgehead atoms. The van der Waals surface area contributed by atoms with Gasteiger partial charge < -0.3 is 9.62 Å². The van der Waals surface area contributed by atoms with Crippen LogP contribution in [0.1, 0.15) is 6.92 Å². The van der Waals surface area contributed by atoms with Crippen molar-refractivity contribution in [1.29, 1.82) is 0 Å². The van der Waals surface area contributed by atoms with Crippen LogP contribution in [0.4, 0.5) is 0 Å². The van der Waals surface area contributed by atoms with Crippen molar-refractivity contribution in [3.8, 4) is 11.5 Å². The summed E-state index contributed by atoms with van der Waals surface area (Å²) in [7, 11) is 1.31. The Kier molecular flexibility index (Phi) is 7.15. The van der Waals surface area contributed by atoms with E-state index in [-0.39, 0.29) is 0 Å². The molecule has 0 radical (unpaired) electrons. The van der Waals surface area contributed by atoms with Gasteiger partial charge in [-0.1, -0.05) is 12.1 Å². The van der Waals surface area contributed by atoms with Gasteiger partial charge in [0.2, 0.25) is 5.75 Å². The molecule has 1 rings (SSSR count). The average molecular weight is 258 g/mol. The van der Waals surface area contributed by atoms with Gasteiger partial charge in [0.15, 0.2) is 5.75 Å². The second-order valence-corrected chi connectivity index (χ2v) is 2.87. The van der Waals surface area contributed by atoms with Crippen LogP contribution in [0.5, 0.6) is 11.5 Å². The molecule has 0 aromatic heterocycles. The Bertz CT molecular complexity index is 330. The maximum absolute atomic E-state index is 5.34. The van der Waals surface area contributed by atoms with Gasteiger partial charge in [-0.3, -0.25) is 9.78 Å². The second kappa shape index (κ2) is 8.73. The predicted octanol–water partition coefficient (Wildman–Crippen LogP) is 1.54. The van der Waals surface area contributed by atoms with Crippen molar-refractivity contribution >= 4 is 7.32 Å². The van der Waals surface area contributed by atoms with Crippen LogP contribution >= 0.6 is 0 Å². The summed E-state index contributed by atoms with van der Waals surface area (Å²) in [4.78, 5) is 27.7. The van der Waals surface area contributed by atoms with Gasteiger partial charge in [-0.15, -0.1) is 0 Å². The molecule has 0 saturated heterocycles. The number of benzene rings is 1. The minimum Gasteiger partial charge on any atom is -0.490 e. The zero-order valence-corrected chi connectivity index (χ0v) is 10.5. The minimum atomic E-state index is -1.28. The monoisotopic (exact) mass is 258 g/mol. The van der Waals surface area contributed by atoms with Crippen LogP contribution in [0.15, 0.2) is 24.3 Å². The van der Waals surface area contributed by atoms with Gasteiger partial charge in [-0.2, -0.15) is 4.81 Å². The highest BCUT2D eigenvalue weighted by Crippen LogP contribution is 2.26. The summed E-state index contributed by atoms with van der Waals surface area (Å²) in [6.07, 6.45) is 0. The van der Waals surface area contributed by atoms with Gasteiger partial charge in [0.05, 0.1) is 20.8 Å². The quantitative estimate of drug-likeness (QED) is 0.378. The van der Waals surface area contributed by atoms with Crippen molar-refractivity contribution in [2.45, 2.75) is 6.92 Å². The third-order valence-corrected chi connectivity index (χ3v) is 1.72.